The van der Waals surface area contributed by atoms with Crippen molar-refractivity contribution >= 4 is 17.0 Å². The van der Waals surface area contributed by atoms with E-state index in [0.717, 1.165) is 5.56 Å². The average Bonchev–Trinajstić information content (AvgIpc) is 3.28. The van der Waals surface area contributed by atoms with Crippen LogP contribution in [0.15, 0.2) is 43.0 Å². The molecule has 2 aromatic heterocycles. The summed E-state index contributed by atoms with van der Waals surface area (Å²) < 4.78 is 7.04. The average molecular weight is 387 g/mol. The van der Waals surface area contributed by atoms with Crippen LogP contribution in [0.1, 0.15) is 17.8 Å². The van der Waals surface area contributed by atoms with Crippen LogP contribution in [0.4, 0.5) is 5.82 Å². The van der Waals surface area contributed by atoms with Gasteiger partial charge < -0.3 is 30.5 Å². The second kappa shape index (κ2) is 7.78. The van der Waals surface area contributed by atoms with E-state index in [0.29, 0.717) is 17.0 Å². The first-order valence-corrected chi connectivity index (χ1v) is 8.86. The highest BCUT2D eigenvalue weighted by Gasteiger charge is 2.44. The molecule has 148 valence electrons. The van der Waals surface area contributed by atoms with Gasteiger partial charge in [0.1, 0.15) is 24.6 Å². The fraction of sp³-hybridized carbons (Fsp3) is 0.389. The fourth-order valence-electron chi connectivity index (χ4n) is 3.34. The van der Waals surface area contributed by atoms with E-state index in [4.69, 9.17) is 4.74 Å². The van der Waals surface area contributed by atoms with Gasteiger partial charge in [-0.25, -0.2) is 15.0 Å². The number of rotatable bonds is 6. The van der Waals surface area contributed by atoms with Crippen molar-refractivity contribution in [1.82, 2.24) is 19.5 Å². The summed E-state index contributed by atoms with van der Waals surface area (Å²) in [4.78, 5) is 12.8. The normalized spacial score (nSPS) is 25.9. The van der Waals surface area contributed by atoms with E-state index in [2.05, 4.69) is 20.3 Å². The molecule has 0 bridgehead atoms. The quantitative estimate of drug-likeness (QED) is 0.381. The Labute approximate surface area is 160 Å². The number of benzene rings is 1. The number of fused-ring (bicyclic) bond motifs is 1. The zero-order valence-corrected chi connectivity index (χ0v) is 14.8. The van der Waals surface area contributed by atoms with E-state index in [9.17, 15) is 20.4 Å². The van der Waals surface area contributed by atoms with E-state index < -0.39 is 37.2 Å². The molecule has 3 heterocycles. The molecular formula is C18H21N5O5. The maximum atomic E-state index is 10.3. The minimum atomic E-state index is -1.24. The summed E-state index contributed by atoms with van der Waals surface area (Å²) in [5, 5.41) is 42.5. The Kier molecular flexibility index (Phi) is 5.20. The van der Waals surface area contributed by atoms with Gasteiger partial charge in [-0.1, -0.05) is 30.3 Å². The summed E-state index contributed by atoms with van der Waals surface area (Å²) in [7, 11) is 0. The monoisotopic (exact) mass is 387 g/mol. The third-order valence-electron chi connectivity index (χ3n) is 4.85. The number of aliphatic hydroxyl groups excluding tert-OH is 4. The van der Waals surface area contributed by atoms with Crippen LogP contribution in [0.3, 0.4) is 0 Å². The number of anilines is 1. The van der Waals surface area contributed by atoms with Crippen LogP contribution in [-0.2, 0) is 4.74 Å². The first-order chi connectivity index (χ1) is 13.6. The molecule has 0 aliphatic carbocycles. The highest BCUT2D eigenvalue weighted by atomic mass is 16.6. The topological polar surface area (TPSA) is 146 Å². The lowest BCUT2D eigenvalue weighted by Crippen LogP contribution is -2.33. The Morgan fingerprint density at radius 1 is 1.07 bits per heavy atom. The first-order valence-electron chi connectivity index (χ1n) is 8.86. The van der Waals surface area contributed by atoms with Gasteiger partial charge in [-0.3, -0.25) is 4.57 Å². The molecule has 3 aromatic rings. The maximum Gasteiger partial charge on any atom is 0.167 e. The van der Waals surface area contributed by atoms with Crippen molar-refractivity contribution in [3.63, 3.8) is 0 Å². The van der Waals surface area contributed by atoms with Gasteiger partial charge in [0, 0.05) is 0 Å². The van der Waals surface area contributed by atoms with Crippen molar-refractivity contribution < 1.29 is 25.2 Å². The maximum absolute atomic E-state index is 10.3. The van der Waals surface area contributed by atoms with Crippen molar-refractivity contribution in [1.29, 1.82) is 0 Å². The molecule has 10 heteroatoms. The fourth-order valence-corrected chi connectivity index (χ4v) is 3.34. The van der Waals surface area contributed by atoms with Gasteiger partial charge >= 0.3 is 0 Å². The standard InChI is InChI=1S/C18H21N5O5/c24-6-11(10-4-2-1-3-5-10)22-16-13-17(20-8-19-16)23(9-21-13)18-15(27)14(26)12(7-25)28-18/h1-5,8-9,11-12,14-15,18,24-27H,6-7H2,(H,19,20,22). The van der Waals surface area contributed by atoms with Crippen LogP contribution >= 0.6 is 0 Å². The molecule has 0 spiro atoms. The molecule has 1 aliphatic heterocycles. The molecule has 0 radical (unpaired) electrons. The summed E-state index contributed by atoms with van der Waals surface area (Å²) >= 11 is 0. The molecule has 0 saturated carbocycles. The number of imidazole rings is 1. The van der Waals surface area contributed by atoms with Crippen LogP contribution in [-0.4, -0.2) is 71.5 Å². The summed E-state index contributed by atoms with van der Waals surface area (Å²) in [5.74, 6) is 0.415. The third kappa shape index (κ3) is 3.21. The van der Waals surface area contributed by atoms with E-state index in [1.807, 2.05) is 30.3 Å². The van der Waals surface area contributed by atoms with Crippen LogP contribution in [0.5, 0.6) is 0 Å². The molecule has 1 aromatic carbocycles. The van der Waals surface area contributed by atoms with Crippen molar-refractivity contribution in [2.45, 2.75) is 30.6 Å². The van der Waals surface area contributed by atoms with E-state index in [1.165, 1.54) is 17.2 Å². The highest BCUT2D eigenvalue weighted by Crippen LogP contribution is 2.32. The largest absolute Gasteiger partial charge is 0.394 e. The number of aromatic nitrogens is 4. The van der Waals surface area contributed by atoms with Crippen LogP contribution in [0, 0.1) is 0 Å². The Balaban J connectivity index is 1.66. The number of hydrogen-bond donors (Lipinski definition) is 5. The Bertz CT molecular complexity index is 937. The van der Waals surface area contributed by atoms with E-state index in [-0.39, 0.29) is 6.61 Å². The van der Waals surface area contributed by atoms with Gasteiger partial charge in [-0.2, -0.15) is 0 Å². The Morgan fingerprint density at radius 3 is 2.54 bits per heavy atom. The Morgan fingerprint density at radius 2 is 1.86 bits per heavy atom. The number of ether oxygens (including phenoxy) is 1. The second-order valence-electron chi connectivity index (χ2n) is 6.57. The molecule has 5 atom stereocenters. The van der Waals surface area contributed by atoms with Crippen molar-refractivity contribution in [3.8, 4) is 0 Å². The summed E-state index contributed by atoms with van der Waals surface area (Å²) in [6.45, 7) is -0.566. The molecule has 1 aliphatic rings. The van der Waals surface area contributed by atoms with Crippen molar-refractivity contribution in [2.75, 3.05) is 18.5 Å². The summed E-state index contributed by atoms with van der Waals surface area (Å²) in [6, 6.07) is 9.05. The van der Waals surface area contributed by atoms with Gasteiger partial charge in [0.25, 0.3) is 0 Å². The zero-order valence-electron chi connectivity index (χ0n) is 14.8. The molecule has 5 N–H and O–H groups in total. The van der Waals surface area contributed by atoms with Crippen LogP contribution in [0.25, 0.3) is 11.2 Å². The number of hydrogen-bond acceptors (Lipinski definition) is 9. The molecule has 5 unspecified atom stereocenters. The molecule has 1 saturated heterocycles. The molecule has 1 fully saturated rings. The predicted octanol–water partition coefficient (Wildman–Crippen LogP) is -0.417. The number of aliphatic hydroxyl groups is 4. The molecule has 0 amide bonds. The predicted molar refractivity (Wildman–Crippen MR) is 98.2 cm³/mol. The minimum absolute atomic E-state index is 0.148. The van der Waals surface area contributed by atoms with Gasteiger partial charge in [0.2, 0.25) is 0 Å². The summed E-state index contributed by atoms with van der Waals surface area (Å²) in [5.41, 5.74) is 1.70. The number of nitrogens with zero attached hydrogens (tertiary/aromatic N) is 4. The minimum Gasteiger partial charge on any atom is -0.394 e. The van der Waals surface area contributed by atoms with Crippen LogP contribution in [0.2, 0.25) is 0 Å². The third-order valence-corrected chi connectivity index (χ3v) is 4.85. The Hall–Kier alpha value is -2.63. The van der Waals surface area contributed by atoms with Crippen LogP contribution < -0.4 is 5.32 Å². The van der Waals surface area contributed by atoms with E-state index in [1.54, 1.807) is 0 Å². The van der Waals surface area contributed by atoms with Gasteiger partial charge in [0.05, 0.1) is 25.6 Å². The first kappa shape index (κ1) is 18.7. The molecule has 28 heavy (non-hydrogen) atoms. The van der Waals surface area contributed by atoms with Crippen molar-refractivity contribution in [3.05, 3.63) is 48.5 Å². The van der Waals surface area contributed by atoms with Crippen molar-refractivity contribution in [2.24, 2.45) is 0 Å². The lowest BCUT2D eigenvalue weighted by atomic mass is 10.1. The molecule has 10 nitrogen and oxygen atoms in total. The highest BCUT2D eigenvalue weighted by molar-refractivity contribution is 5.83. The number of nitrogens with one attached hydrogen (secondary N) is 1. The lowest BCUT2D eigenvalue weighted by molar-refractivity contribution is -0.0511. The van der Waals surface area contributed by atoms with Gasteiger partial charge in [-0.05, 0) is 5.56 Å². The summed E-state index contributed by atoms with van der Waals surface area (Å²) in [6.07, 6.45) is -1.53. The van der Waals surface area contributed by atoms with E-state index >= 15 is 0 Å². The SMILES string of the molecule is OCC(Nc1ncnc2c1ncn2C1OC(CO)C(O)C1O)c1ccccc1. The molecule has 4 rings (SSSR count). The smallest absolute Gasteiger partial charge is 0.167 e. The zero-order chi connectivity index (χ0) is 19.7. The lowest BCUT2D eigenvalue weighted by Gasteiger charge is -2.18. The van der Waals surface area contributed by atoms with Gasteiger partial charge in [0.15, 0.2) is 23.2 Å². The molecular weight excluding hydrogens is 366 g/mol. The van der Waals surface area contributed by atoms with Gasteiger partial charge in [-0.15, -0.1) is 0 Å². The second-order valence-corrected chi connectivity index (χ2v) is 6.57.